The van der Waals surface area contributed by atoms with Crippen molar-refractivity contribution in [2.24, 2.45) is 0 Å². The highest BCUT2D eigenvalue weighted by Gasteiger charge is 2.31. The van der Waals surface area contributed by atoms with Crippen LogP contribution in [-0.2, 0) is 5.60 Å². The van der Waals surface area contributed by atoms with Crippen LogP contribution in [0.1, 0.15) is 18.4 Å². The van der Waals surface area contributed by atoms with Gasteiger partial charge in [-0.1, -0.05) is 48.5 Å². The summed E-state index contributed by atoms with van der Waals surface area (Å²) in [6.07, 6.45) is 0. The molecule has 0 saturated heterocycles. The number of hydrogen-bond acceptors (Lipinski definition) is 3. The number of aliphatic hydroxyl groups is 1. The van der Waals surface area contributed by atoms with Gasteiger partial charge in [0.1, 0.15) is 5.52 Å². The van der Waals surface area contributed by atoms with E-state index in [0.717, 1.165) is 21.9 Å². The third kappa shape index (κ3) is 1.98. The fourth-order valence-corrected chi connectivity index (χ4v) is 2.70. The molecule has 1 atom stereocenters. The van der Waals surface area contributed by atoms with Gasteiger partial charge in [0.05, 0.1) is 0 Å². The zero-order chi connectivity index (χ0) is 15.2. The first-order chi connectivity index (χ1) is 10.6. The molecule has 4 aromatic rings. The monoisotopic (exact) mass is 289 g/mol. The normalized spacial score (nSPS) is 14.3. The standard InChI is InChI=1S/C19H15NO2/c1-19(21,18-20-16-8-4-5-9-17(16)22-18)15-11-10-13-6-2-3-7-14(13)12-15/h2-12,21H,1H3. The minimum Gasteiger partial charge on any atom is -0.437 e. The van der Waals surface area contributed by atoms with Crippen LogP contribution in [0.4, 0.5) is 0 Å². The molecule has 1 unspecified atom stereocenters. The Hall–Kier alpha value is -2.65. The molecule has 0 aliphatic carbocycles. The molecule has 0 aliphatic heterocycles. The van der Waals surface area contributed by atoms with Gasteiger partial charge in [-0.2, -0.15) is 0 Å². The van der Waals surface area contributed by atoms with Crippen molar-refractivity contribution in [2.45, 2.75) is 12.5 Å². The predicted molar refractivity (Wildman–Crippen MR) is 86.6 cm³/mol. The lowest BCUT2D eigenvalue weighted by Gasteiger charge is -2.20. The second-order valence-corrected chi connectivity index (χ2v) is 5.62. The number of para-hydroxylation sites is 2. The van der Waals surface area contributed by atoms with Crippen LogP contribution in [0.5, 0.6) is 0 Å². The number of aromatic nitrogens is 1. The molecule has 108 valence electrons. The number of nitrogens with zero attached hydrogens (tertiary/aromatic N) is 1. The van der Waals surface area contributed by atoms with Gasteiger partial charge >= 0.3 is 0 Å². The Morgan fingerprint density at radius 2 is 1.64 bits per heavy atom. The average molecular weight is 289 g/mol. The molecule has 0 spiro atoms. The van der Waals surface area contributed by atoms with Gasteiger partial charge in [0, 0.05) is 0 Å². The third-order valence-electron chi connectivity index (χ3n) is 4.02. The minimum absolute atomic E-state index is 0.309. The van der Waals surface area contributed by atoms with E-state index in [0.29, 0.717) is 11.5 Å². The fraction of sp³-hybridized carbons (Fsp3) is 0.105. The Labute approximate surface area is 127 Å². The molecule has 3 heteroatoms. The van der Waals surface area contributed by atoms with Gasteiger partial charge in [0.15, 0.2) is 11.2 Å². The van der Waals surface area contributed by atoms with Crippen LogP contribution in [0.15, 0.2) is 71.1 Å². The predicted octanol–water partition coefficient (Wildman–Crippen LogP) is 4.24. The van der Waals surface area contributed by atoms with E-state index < -0.39 is 5.60 Å². The molecule has 0 aliphatic rings. The minimum atomic E-state index is -1.27. The molecule has 3 aromatic carbocycles. The maximum absolute atomic E-state index is 11.0. The van der Waals surface area contributed by atoms with Crippen LogP contribution in [0, 0.1) is 0 Å². The zero-order valence-electron chi connectivity index (χ0n) is 12.2. The van der Waals surface area contributed by atoms with Gasteiger partial charge in [0.2, 0.25) is 5.89 Å². The molecule has 0 bridgehead atoms. The lowest BCUT2D eigenvalue weighted by Crippen LogP contribution is -2.23. The summed E-state index contributed by atoms with van der Waals surface area (Å²) in [5.74, 6) is 0.309. The third-order valence-corrected chi connectivity index (χ3v) is 4.02. The van der Waals surface area contributed by atoms with Crippen molar-refractivity contribution >= 4 is 21.9 Å². The van der Waals surface area contributed by atoms with E-state index in [1.165, 1.54) is 0 Å². The molecule has 0 fully saturated rings. The van der Waals surface area contributed by atoms with E-state index in [4.69, 9.17) is 4.42 Å². The average Bonchev–Trinajstić information content (AvgIpc) is 2.99. The van der Waals surface area contributed by atoms with Crippen LogP contribution in [0.3, 0.4) is 0 Å². The Balaban J connectivity index is 1.86. The van der Waals surface area contributed by atoms with E-state index >= 15 is 0 Å². The van der Waals surface area contributed by atoms with Crippen LogP contribution in [0.2, 0.25) is 0 Å². The summed E-state index contributed by atoms with van der Waals surface area (Å²) in [4.78, 5) is 4.42. The van der Waals surface area contributed by atoms with Gasteiger partial charge < -0.3 is 9.52 Å². The topological polar surface area (TPSA) is 46.3 Å². The molecule has 22 heavy (non-hydrogen) atoms. The van der Waals surface area contributed by atoms with Crippen molar-refractivity contribution in [3.05, 3.63) is 78.2 Å². The van der Waals surface area contributed by atoms with Gasteiger partial charge in [-0.25, -0.2) is 4.98 Å². The van der Waals surface area contributed by atoms with Crippen LogP contribution >= 0.6 is 0 Å². The molecule has 1 N–H and O–H groups in total. The smallest absolute Gasteiger partial charge is 0.231 e. The second kappa shape index (κ2) is 4.68. The summed E-state index contributed by atoms with van der Waals surface area (Å²) in [6, 6.07) is 21.5. The quantitative estimate of drug-likeness (QED) is 0.600. The number of hydrogen-bond donors (Lipinski definition) is 1. The lowest BCUT2D eigenvalue weighted by molar-refractivity contribution is 0.0728. The fourth-order valence-electron chi connectivity index (χ4n) is 2.70. The van der Waals surface area contributed by atoms with Gasteiger partial charge in [-0.15, -0.1) is 0 Å². The lowest BCUT2D eigenvalue weighted by atomic mass is 9.93. The molecule has 0 amide bonds. The zero-order valence-corrected chi connectivity index (χ0v) is 12.2. The Kier molecular flexibility index (Phi) is 2.78. The van der Waals surface area contributed by atoms with Crippen LogP contribution in [0.25, 0.3) is 21.9 Å². The molecular weight excluding hydrogens is 274 g/mol. The first-order valence-corrected chi connectivity index (χ1v) is 7.22. The largest absolute Gasteiger partial charge is 0.437 e. The van der Waals surface area contributed by atoms with Crippen molar-refractivity contribution in [3.63, 3.8) is 0 Å². The summed E-state index contributed by atoms with van der Waals surface area (Å²) in [5, 5.41) is 13.2. The van der Waals surface area contributed by atoms with Gasteiger partial charge in [-0.05, 0) is 41.5 Å². The van der Waals surface area contributed by atoms with E-state index in [1.54, 1.807) is 6.92 Å². The number of oxazole rings is 1. The highest BCUT2D eigenvalue weighted by Crippen LogP contribution is 2.32. The summed E-state index contributed by atoms with van der Waals surface area (Å²) < 4.78 is 5.74. The summed E-state index contributed by atoms with van der Waals surface area (Å²) in [5.41, 5.74) is 0.915. The van der Waals surface area contributed by atoms with Gasteiger partial charge in [0.25, 0.3) is 0 Å². The van der Waals surface area contributed by atoms with Gasteiger partial charge in [-0.3, -0.25) is 0 Å². The summed E-state index contributed by atoms with van der Waals surface area (Å²) in [7, 11) is 0. The maximum atomic E-state index is 11.0. The van der Waals surface area contributed by atoms with E-state index in [9.17, 15) is 5.11 Å². The molecule has 1 aromatic heterocycles. The number of benzene rings is 3. The van der Waals surface area contributed by atoms with E-state index in [2.05, 4.69) is 4.98 Å². The second-order valence-electron chi connectivity index (χ2n) is 5.62. The van der Waals surface area contributed by atoms with Crippen molar-refractivity contribution in [3.8, 4) is 0 Å². The van der Waals surface area contributed by atoms with Crippen LogP contribution in [-0.4, -0.2) is 10.1 Å². The number of rotatable bonds is 2. The maximum Gasteiger partial charge on any atom is 0.231 e. The SMILES string of the molecule is CC(O)(c1ccc2ccccc2c1)c1nc2ccccc2o1. The van der Waals surface area contributed by atoms with Crippen molar-refractivity contribution in [1.82, 2.24) is 4.98 Å². The van der Waals surface area contributed by atoms with Crippen LogP contribution < -0.4 is 0 Å². The summed E-state index contributed by atoms with van der Waals surface area (Å²) in [6.45, 7) is 1.71. The molecule has 0 radical (unpaired) electrons. The van der Waals surface area contributed by atoms with E-state index in [1.807, 2.05) is 66.7 Å². The van der Waals surface area contributed by atoms with Crippen molar-refractivity contribution in [1.29, 1.82) is 0 Å². The van der Waals surface area contributed by atoms with Crippen molar-refractivity contribution in [2.75, 3.05) is 0 Å². The highest BCUT2D eigenvalue weighted by molar-refractivity contribution is 5.83. The molecular formula is C19H15NO2. The molecule has 3 nitrogen and oxygen atoms in total. The van der Waals surface area contributed by atoms with E-state index in [-0.39, 0.29) is 0 Å². The highest BCUT2D eigenvalue weighted by atomic mass is 16.4. The Morgan fingerprint density at radius 1 is 0.909 bits per heavy atom. The molecule has 0 saturated carbocycles. The number of fused-ring (bicyclic) bond motifs is 2. The first-order valence-electron chi connectivity index (χ1n) is 7.22. The van der Waals surface area contributed by atoms with Crippen molar-refractivity contribution < 1.29 is 9.52 Å². The molecule has 4 rings (SSSR count). The summed E-state index contributed by atoms with van der Waals surface area (Å²) >= 11 is 0. The molecule has 1 heterocycles. The Morgan fingerprint density at radius 3 is 2.45 bits per heavy atom. The Bertz CT molecular complexity index is 936. The first kappa shape index (κ1) is 13.0.